The van der Waals surface area contributed by atoms with Gasteiger partial charge >= 0.3 is 27.6 Å². The van der Waals surface area contributed by atoms with E-state index in [1.165, 1.54) is 19.3 Å². The standard InChI is InChI=1S/C46H76O16P2/c1-3-5-7-8-9-10-11-12-13-14-15-16-17-18-19-20-25-29-45(51)58-36-40(37-61-64(56,57)60-35-39(48)34-59-63(53,54)55)62-46(52)30-26-22-21-24-28-41-42(44(50)33-43(41)49)32-31-38(47)27-23-6-4-2/h9-10,12-13,15-16,18-19,21,24,31-32,38-43,47-49H,3-8,11,14,17,20,22-23,25-30,33-37H2,1-2H3,(H,56,57)(H2,53,54,55)/b10-9-,13-12-,16-15-,19-18-,24-21-,32-31+/t38-,39-,40+,41+,42+,43-/m0/s1. The second-order valence-electron chi connectivity index (χ2n) is 15.8. The lowest BCUT2D eigenvalue weighted by Gasteiger charge is -2.20. The van der Waals surface area contributed by atoms with E-state index >= 15 is 0 Å². The number of aliphatic hydroxyl groups excluding tert-OH is 3. The number of phosphoric ester groups is 2. The van der Waals surface area contributed by atoms with E-state index in [1.54, 1.807) is 12.2 Å². The molecule has 6 N–H and O–H groups in total. The average Bonchev–Trinajstić information content (AvgIpc) is 3.51. The van der Waals surface area contributed by atoms with Crippen LogP contribution in [0, 0.1) is 11.8 Å². The van der Waals surface area contributed by atoms with Gasteiger partial charge in [0.1, 0.15) is 18.5 Å². The van der Waals surface area contributed by atoms with E-state index in [0.717, 1.165) is 44.9 Å². The molecule has 0 bridgehead atoms. The fourth-order valence-electron chi connectivity index (χ4n) is 6.38. The van der Waals surface area contributed by atoms with Crippen LogP contribution in [0.2, 0.25) is 0 Å². The predicted octanol–water partition coefficient (Wildman–Crippen LogP) is 8.37. The number of allylic oxidation sites excluding steroid dienone is 11. The van der Waals surface area contributed by atoms with Crippen molar-refractivity contribution >= 4 is 33.4 Å². The number of Topliss-reactive ketones (excluding diaryl/α,β-unsaturated/α-hetero) is 1. The second-order valence-corrected chi connectivity index (χ2v) is 18.4. The normalized spacial score (nSPS) is 19.8. The highest BCUT2D eigenvalue weighted by Gasteiger charge is 2.39. The monoisotopic (exact) mass is 946 g/mol. The zero-order valence-corrected chi connectivity index (χ0v) is 39.6. The van der Waals surface area contributed by atoms with Gasteiger partial charge < -0.3 is 39.5 Å². The molecule has 64 heavy (non-hydrogen) atoms. The number of esters is 2. The number of carbonyl (C=O) groups is 3. The van der Waals surface area contributed by atoms with Crippen molar-refractivity contribution in [3.05, 3.63) is 72.9 Å². The smallest absolute Gasteiger partial charge is 0.462 e. The molecule has 0 heterocycles. The summed E-state index contributed by atoms with van der Waals surface area (Å²) in [7, 11) is -9.81. The molecule has 0 amide bonds. The van der Waals surface area contributed by atoms with Gasteiger partial charge in [-0.05, 0) is 70.6 Å². The lowest BCUT2D eigenvalue weighted by Crippen LogP contribution is -2.29. The van der Waals surface area contributed by atoms with Gasteiger partial charge in [0.2, 0.25) is 0 Å². The fourth-order valence-corrected chi connectivity index (χ4v) is 7.53. The highest BCUT2D eigenvalue weighted by molar-refractivity contribution is 7.47. The van der Waals surface area contributed by atoms with Crippen molar-refractivity contribution in [2.45, 2.75) is 160 Å². The second kappa shape index (κ2) is 36.3. The van der Waals surface area contributed by atoms with Crippen LogP contribution in [-0.2, 0) is 46.6 Å². The molecule has 7 atom stereocenters. The lowest BCUT2D eigenvalue weighted by molar-refractivity contribution is -0.161. The zero-order chi connectivity index (χ0) is 47.5. The summed E-state index contributed by atoms with van der Waals surface area (Å²) in [5, 5.41) is 30.5. The van der Waals surface area contributed by atoms with Crippen LogP contribution < -0.4 is 0 Å². The molecule has 0 aromatic carbocycles. The van der Waals surface area contributed by atoms with Gasteiger partial charge in [0.25, 0.3) is 0 Å². The van der Waals surface area contributed by atoms with E-state index in [4.69, 9.17) is 23.8 Å². The summed E-state index contributed by atoms with van der Waals surface area (Å²) in [6.45, 7) is 1.24. The molecule has 16 nitrogen and oxygen atoms in total. The molecular weight excluding hydrogens is 870 g/mol. The van der Waals surface area contributed by atoms with Gasteiger partial charge in [-0.1, -0.05) is 119 Å². The molecule has 18 heteroatoms. The Morgan fingerprint density at radius 3 is 1.83 bits per heavy atom. The number of ketones is 1. The van der Waals surface area contributed by atoms with Gasteiger partial charge in [-0.3, -0.25) is 28.0 Å². The third kappa shape index (κ3) is 32.7. The van der Waals surface area contributed by atoms with Crippen LogP contribution in [0.4, 0.5) is 0 Å². The minimum absolute atomic E-state index is 0.0474. The Labute approximate surface area is 380 Å². The van der Waals surface area contributed by atoms with Crippen molar-refractivity contribution in [2.75, 3.05) is 26.4 Å². The molecule has 0 aliphatic heterocycles. The van der Waals surface area contributed by atoms with Crippen molar-refractivity contribution in [3.8, 4) is 0 Å². The summed E-state index contributed by atoms with van der Waals surface area (Å²) in [5.41, 5.74) is 0. The largest absolute Gasteiger partial charge is 0.472 e. The third-order valence-electron chi connectivity index (χ3n) is 9.93. The molecule has 1 aliphatic carbocycles. The summed E-state index contributed by atoms with van der Waals surface area (Å²) in [6, 6.07) is 0. The first-order valence-corrected chi connectivity index (χ1v) is 25.8. The molecule has 0 aromatic heterocycles. The van der Waals surface area contributed by atoms with E-state index in [2.05, 4.69) is 59.4 Å². The highest BCUT2D eigenvalue weighted by Crippen LogP contribution is 2.44. The van der Waals surface area contributed by atoms with E-state index in [1.807, 2.05) is 24.3 Å². The van der Waals surface area contributed by atoms with Gasteiger partial charge in [0.05, 0.1) is 32.0 Å². The van der Waals surface area contributed by atoms with Crippen LogP contribution in [0.15, 0.2) is 72.9 Å². The Bertz CT molecular complexity index is 1570. The Morgan fingerprint density at radius 2 is 1.22 bits per heavy atom. The molecule has 1 aliphatic rings. The van der Waals surface area contributed by atoms with Crippen LogP contribution >= 0.6 is 15.6 Å². The van der Waals surface area contributed by atoms with Gasteiger partial charge in [0.15, 0.2) is 6.10 Å². The summed E-state index contributed by atoms with van der Waals surface area (Å²) >= 11 is 0. The number of hydrogen-bond acceptors (Lipinski definition) is 13. The van der Waals surface area contributed by atoms with E-state index in [9.17, 15) is 43.7 Å². The van der Waals surface area contributed by atoms with E-state index in [0.29, 0.717) is 38.5 Å². The number of phosphoric acid groups is 2. The predicted molar refractivity (Wildman–Crippen MR) is 244 cm³/mol. The quantitative estimate of drug-likeness (QED) is 0.0147. The molecule has 0 spiro atoms. The minimum Gasteiger partial charge on any atom is -0.462 e. The SMILES string of the molecule is CCCCC/C=C\C/C=C\C/C=C\C/C=C\CCCC(=O)OC[C@H](COP(=O)(O)OC[C@@H](O)COP(=O)(O)O)OC(=O)CCC/C=C\C[C@H]1[C@@H](O)CC(=O)[C@@H]1/C=C/[C@@H](O)CCCCC. The van der Waals surface area contributed by atoms with Gasteiger partial charge in [0, 0.05) is 31.1 Å². The Morgan fingerprint density at radius 1 is 0.688 bits per heavy atom. The Hall–Kier alpha value is -2.85. The summed E-state index contributed by atoms with van der Waals surface area (Å²) in [6.07, 6.45) is 32.7. The van der Waals surface area contributed by atoms with Crippen LogP contribution in [0.5, 0.6) is 0 Å². The molecule has 0 radical (unpaired) electrons. The minimum atomic E-state index is -4.91. The summed E-state index contributed by atoms with van der Waals surface area (Å²) in [4.78, 5) is 65.5. The number of carbonyl (C=O) groups excluding carboxylic acids is 3. The molecule has 1 fully saturated rings. The molecule has 1 saturated carbocycles. The highest BCUT2D eigenvalue weighted by atomic mass is 31.2. The topological polar surface area (TPSA) is 253 Å². The number of rotatable bonds is 38. The Balaban J connectivity index is 2.61. The maximum Gasteiger partial charge on any atom is 0.472 e. The van der Waals surface area contributed by atoms with Crippen molar-refractivity contribution < 1.29 is 76.6 Å². The first-order chi connectivity index (χ1) is 30.6. The van der Waals surface area contributed by atoms with Crippen molar-refractivity contribution in [2.24, 2.45) is 11.8 Å². The lowest BCUT2D eigenvalue weighted by atomic mass is 9.90. The third-order valence-corrected chi connectivity index (χ3v) is 11.4. The first-order valence-electron chi connectivity index (χ1n) is 22.7. The number of ether oxygens (including phenoxy) is 2. The van der Waals surface area contributed by atoms with Crippen molar-refractivity contribution in [1.29, 1.82) is 0 Å². The summed E-state index contributed by atoms with van der Waals surface area (Å²) in [5.74, 6) is -2.21. The molecule has 1 rings (SSSR count). The van der Waals surface area contributed by atoms with Crippen LogP contribution in [0.1, 0.15) is 136 Å². The molecule has 0 aromatic rings. The molecule has 0 saturated heterocycles. The van der Waals surface area contributed by atoms with Gasteiger partial charge in [-0.2, -0.15) is 0 Å². The van der Waals surface area contributed by atoms with Crippen LogP contribution in [0.25, 0.3) is 0 Å². The number of aliphatic hydroxyl groups is 3. The van der Waals surface area contributed by atoms with E-state index < -0.39 is 84.3 Å². The molecular formula is C46H76O16P2. The maximum absolute atomic E-state index is 12.8. The summed E-state index contributed by atoms with van der Waals surface area (Å²) < 4.78 is 47.7. The van der Waals surface area contributed by atoms with Crippen molar-refractivity contribution in [1.82, 2.24) is 0 Å². The van der Waals surface area contributed by atoms with Crippen molar-refractivity contribution in [3.63, 3.8) is 0 Å². The van der Waals surface area contributed by atoms with Crippen LogP contribution in [0.3, 0.4) is 0 Å². The first kappa shape index (κ1) is 59.2. The molecule has 1 unspecified atom stereocenters. The Kier molecular flexibility index (Phi) is 33.6. The maximum atomic E-state index is 12.8. The zero-order valence-electron chi connectivity index (χ0n) is 37.8. The average molecular weight is 947 g/mol. The number of unbranched alkanes of at least 4 members (excludes halogenated alkanes) is 7. The fraction of sp³-hybridized carbons (Fsp3) is 0.674. The van der Waals surface area contributed by atoms with Gasteiger partial charge in [-0.15, -0.1) is 0 Å². The molecule has 366 valence electrons. The number of hydrogen-bond donors (Lipinski definition) is 6. The van der Waals surface area contributed by atoms with Gasteiger partial charge in [-0.25, -0.2) is 9.13 Å². The van der Waals surface area contributed by atoms with Crippen LogP contribution in [-0.4, -0.2) is 98.6 Å². The van der Waals surface area contributed by atoms with E-state index in [-0.39, 0.29) is 31.0 Å².